The van der Waals surface area contributed by atoms with Gasteiger partial charge in [-0.25, -0.2) is 0 Å². The highest BCUT2D eigenvalue weighted by Gasteiger charge is 2.06. The summed E-state index contributed by atoms with van der Waals surface area (Å²) in [6, 6.07) is 8.13. The van der Waals surface area contributed by atoms with E-state index in [2.05, 4.69) is 37.2 Å². The van der Waals surface area contributed by atoms with Crippen molar-refractivity contribution < 1.29 is 4.52 Å². The smallest absolute Gasteiger partial charge is 0.222 e. The molecule has 3 heteroatoms. The fourth-order valence-corrected chi connectivity index (χ4v) is 1.88. The number of anilines is 1. The van der Waals surface area contributed by atoms with Crippen molar-refractivity contribution >= 4 is 5.88 Å². The summed E-state index contributed by atoms with van der Waals surface area (Å²) in [6.45, 7) is 4.33. The van der Waals surface area contributed by atoms with E-state index in [1.165, 1.54) is 11.1 Å². The predicted octanol–water partition coefficient (Wildman–Crippen LogP) is 3.05. The molecule has 0 amide bonds. The number of rotatable bonds is 3. The predicted molar refractivity (Wildman–Crippen MR) is 65.1 cm³/mol. The van der Waals surface area contributed by atoms with E-state index in [0.717, 1.165) is 24.1 Å². The van der Waals surface area contributed by atoms with Crippen molar-refractivity contribution in [3.05, 3.63) is 35.4 Å². The van der Waals surface area contributed by atoms with Crippen LogP contribution in [-0.2, 0) is 12.8 Å². The third-order valence-electron chi connectivity index (χ3n) is 2.79. The Morgan fingerprint density at radius 2 is 1.88 bits per heavy atom. The molecule has 0 aliphatic heterocycles. The second kappa shape index (κ2) is 4.39. The van der Waals surface area contributed by atoms with Gasteiger partial charge in [0.1, 0.15) is 5.69 Å². The van der Waals surface area contributed by atoms with Crippen LogP contribution in [0.15, 0.2) is 28.8 Å². The number of nitrogen functional groups attached to an aromatic ring is 1. The van der Waals surface area contributed by atoms with Gasteiger partial charge in [0.2, 0.25) is 5.88 Å². The fraction of sp³-hybridized carbons (Fsp3) is 0.308. The Bertz CT molecular complexity index is 488. The summed E-state index contributed by atoms with van der Waals surface area (Å²) in [7, 11) is 0. The highest BCUT2D eigenvalue weighted by atomic mass is 16.5. The molecule has 0 aliphatic carbocycles. The van der Waals surface area contributed by atoms with E-state index in [4.69, 9.17) is 10.3 Å². The Morgan fingerprint density at radius 3 is 2.44 bits per heavy atom. The average molecular weight is 216 g/mol. The van der Waals surface area contributed by atoms with Crippen LogP contribution in [0.2, 0.25) is 0 Å². The molecule has 0 atom stereocenters. The number of hydrogen-bond acceptors (Lipinski definition) is 3. The Morgan fingerprint density at radius 1 is 1.12 bits per heavy atom. The second-order valence-corrected chi connectivity index (χ2v) is 3.81. The lowest BCUT2D eigenvalue weighted by atomic mass is 9.99. The van der Waals surface area contributed by atoms with Crippen molar-refractivity contribution in [2.24, 2.45) is 0 Å². The molecular weight excluding hydrogens is 200 g/mol. The molecular formula is C13H16N2O. The summed E-state index contributed by atoms with van der Waals surface area (Å²) < 4.78 is 4.88. The van der Waals surface area contributed by atoms with Gasteiger partial charge in [0.05, 0.1) is 0 Å². The van der Waals surface area contributed by atoms with Gasteiger partial charge in [0, 0.05) is 11.6 Å². The van der Waals surface area contributed by atoms with Crippen LogP contribution in [-0.4, -0.2) is 5.16 Å². The second-order valence-electron chi connectivity index (χ2n) is 3.81. The van der Waals surface area contributed by atoms with Crippen molar-refractivity contribution in [2.45, 2.75) is 26.7 Å². The van der Waals surface area contributed by atoms with Crippen LogP contribution >= 0.6 is 0 Å². The average Bonchev–Trinajstić information content (AvgIpc) is 2.75. The normalized spacial score (nSPS) is 10.6. The van der Waals surface area contributed by atoms with E-state index >= 15 is 0 Å². The van der Waals surface area contributed by atoms with Crippen molar-refractivity contribution in [3.8, 4) is 11.3 Å². The summed E-state index contributed by atoms with van der Waals surface area (Å²) in [5.74, 6) is 0.354. The molecule has 84 valence electrons. The lowest BCUT2D eigenvalue weighted by Gasteiger charge is -2.06. The first kappa shape index (κ1) is 10.7. The van der Waals surface area contributed by atoms with Gasteiger partial charge in [-0.15, -0.1) is 0 Å². The third kappa shape index (κ3) is 1.94. The van der Waals surface area contributed by atoms with Crippen LogP contribution < -0.4 is 5.73 Å². The van der Waals surface area contributed by atoms with Crippen LogP contribution in [0.4, 0.5) is 5.88 Å². The summed E-state index contributed by atoms with van der Waals surface area (Å²) in [5.41, 5.74) is 10.1. The first-order valence-electron chi connectivity index (χ1n) is 5.59. The minimum absolute atomic E-state index is 0.354. The van der Waals surface area contributed by atoms with E-state index in [0.29, 0.717) is 5.88 Å². The minimum Gasteiger partial charge on any atom is -0.368 e. The van der Waals surface area contributed by atoms with Crippen LogP contribution in [0.5, 0.6) is 0 Å². The van der Waals surface area contributed by atoms with Gasteiger partial charge in [0.15, 0.2) is 0 Å². The molecule has 0 saturated heterocycles. The maximum atomic E-state index is 5.51. The van der Waals surface area contributed by atoms with Crippen LogP contribution in [0.3, 0.4) is 0 Å². The molecule has 0 fully saturated rings. The summed E-state index contributed by atoms with van der Waals surface area (Å²) in [4.78, 5) is 0. The van der Waals surface area contributed by atoms with Gasteiger partial charge in [0.25, 0.3) is 0 Å². The van der Waals surface area contributed by atoms with Crippen molar-refractivity contribution in [1.29, 1.82) is 0 Å². The quantitative estimate of drug-likeness (QED) is 0.857. The van der Waals surface area contributed by atoms with E-state index < -0.39 is 0 Å². The van der Waals surface area contributed by atoms with E-state index in [9.17, 15) is 0 Å². The summed E-state index contributed by atoms with van der Waals surface area (Å²) in [5, 5.41) is 3.92. The number of hydrogen-bond donors (Lipinski definition) is 1. The Balaban J connectivity index is 2.43. The highest BCUT2D eigenvalue weighted by Crippen LogP contribution is 2.23. The maximum absolute atomic E-state index is 5.51. The van der Waals surface area contributed by atoms with Crippen molar-refractivity contribution in [1.82, 2.24) is 5.16 Å². The summed E-state index contributed by atoms with van der Waals surface area (Å²) in [6.07, 6.45) is 2.09. The van der Waals surface area contributed by atoms with Crippen LogP contribution in [0.1, 0.15) is 25.0 Å². The third-order valence-corrected chi connectivity index (χ3v) is 2.79. The van der Waals surface area contributed by atoms with Gasteiger partial charge in [-0.1, -0.05) is 31.1 Å². The van der Waals surface area contributed by atoms with Crippen LogP contribution in [0.25, 0.3) is 11.3 Å². The zero-order valence-electron chi connectivity index (χ0n) is 9.66. The largest absolute Gasteiger partial charge is 0.368 e. The van der Waals surface area contributed by atoms with E-state index in [1.54, 1.807) is 6.07 Å². The maximum Gasteiger partial charge on any atom is 0.222 e. The number of nitrogens with zero attached hydrogens (tertiary/aromatic N) is 1. The lowest BCUT2D eigenvalue weighted by Crippen LogP contribution is -1.91. The Hall–Kier alpha value is -1.77. The SMILES string of the molecule is CCc1ccc(-c2cc(N)on2)cc1CC. The van der Waals surface area contributed by atoms with E-state index in [-0.39, 0.29) is 0 Å². The fourth-order valence-electron chi connectivity index (χ4n) is 1.88. The zero-order chi connectivity index (χ0) is 11.5. The van der Waals surface area contributed by atoms with E-state index in [1.807, 2.05) is 0 Å². The molecule has 1 heterocycles. The molecule has 0 unspecified atom stereocenters. The molecule has 2 aromatic rings. The molecule has 0 aliphatic rings. The summed E-state index contributed by atoms with van der Waals surface area (Å²) >= 11 is 0. The molecule has 1 aromatic heterocycles. The molecule has 2 rings (SSSR count). The van der Waals surface area contributed by atoms with Crippen molar-refractivity contribution in [3.63, 3.8) is 0 Å². The van der Waals surface area contributed by atoms with Gasteiger partial charge in [-0.3, -0.25) is 0 Å². The molecule has 0 bridgehead atoms. The molecule has 1 aromatic carbocycles. The topological polar surface area (TPSA) is 52.0 Å². The highest BCUT2D eigenvalue weighted by molar-refractivity contribution is 5.62. The van der Waals surface area contributed by atoms with Gasteiger partial charge < -0.3 is 10.3 Å². The number of benzene rings is 1. The first-order valence-corrected chi connectivity index (χ1v) is 5.59. The molecule has 0 radical (unpaired) electrons. The Labute approximate surface area is 95.3 Å². The molecule has 2 N–H and O–H groups in total. The monoisotopic (exact) mass is 216 g/mol. The van der Waals surface area contributed by atoms with Crippen molar-refractivity contribution in [2.75, 3.05) is 5.73 Å². The standard InChI is InChI=1S/C13H16N2O/c1-3-9-5-6-11(7-10(9)4-2)12-8-13(14)16-15-12/h5-8H,3-4,14H2,1-2H3. The number of nitrogens with two attached hydrogens (primary N) is 1. The number of aromatic nitrogens is 1. The molecule has 16 heavy (non-hydrogen) atoms. The minimum atomic E-state index is 0.354. The molecule has 0 spiro atoms. The Kier molecular flexibility index (Phi) is 2.95. The van der Waals surface area contributed by atoms with Crippen LogP contribution in [0, 0.1) is 0 Å². The first-order chi connectivity index (χ1) is 7.74. The lowest BCUT2D eigenvalue weighted by molar-refractivity contribution is 0.439. The van der Waals surface area contributed by atoms with Gasteiger partial charge in [-0.2, -0.15) is 0 Å². The zero-order valence-corrected chi connectivity index (χ0v) is 9.66. The molecule has 3 nitrogen and oxygen atoms in total. The number of aryl methyl sites for hydroxylation is 2. The van der Waals surface area contributed by atoms with Gasteiger partial charge >= 0.3 is 0 Å². The van der Waals surface area contributed by atoms with Gasteiger partial charge in [-0.05, 0) is 30.0 Å². The molecule has 0 saturated carbocycles.